The molecule has 0 aromatic carbocycles. The van der Waals surface area contributed by atoms with Crippen molar-refractivity contribution in [3.63, 3.8) is 0 Å². The first-order valence-corrected chi connectivity index (χ1v) is 25.4. The molecule has 1 saturated heterocycles. The molecule has 0 amide bonds. The molecule has 0 aromatic rings. The summed E-state index contributed by atoms with van der Waals surface area (Å²) in [7, 11) is -4.62. The Hall–Kier alpha value is -3.43. The standard InChI is InChI=1S/C51H82O12S/c1-3-5-7-9-11-13-15-17-19-21-22-24-25-27-29-31-33-35-37-39-46(52)60-41-44(42-61-51-50(56)49(55)48(54)45(63-51)43-64(57,58)59)62-47(53)40-38-36-34-32-30-28-26-23-20-18-16-14-12-10-8-6-4-2/h5,7,11,13,17,19,22,24,26-29,32-35,44-45,48-51,54-56H,3-4,6,8-10,12,14-16,18,20-21,23,25,30-31,36-43H2,1-2H3,(H,57,58,59)/b7-5+,13-11+,19-17+,24-22+,28-26+,29-27+,34-32+,35-33+/t44-,45-,48-,49?,50?,51+/m1/s1. The summed E-state index contributed by atoms with van der Waals surface area (Å²) in [6, 6.07) is 0. The number of aliphatic hydroxyl groups is 3. The Morgan fingerprint density at radius 2 is 1.02 bits per heavy atom. The van der Waals surface area contributed by atoms with E-state index in [2.05, 4.69) is 92.8 Å². The monoisotopic (exact) mass is 919 g/mol. The van der Waals surface area contributed by atoms with E-state index in [1.165, 1.54) is 57.8 Å². The Morgan fingerprint density at radius 3 is 1.53 bits per heavy atom. The lowest BCUT2D eigenvalue weighted by atomic mass is 10.00. The lowest BCUT2D eigenvalue weighted by Gasteiger charge is -2.40. The van der Waals surface area contributed by atoms with Crippen LogP contribution in [0.5, 0.6) is 0 Å². The number of unbranched alkanes of at least 4 members (excludes halogenated alkanes) is 10. The summed E-state index contributed by atoms with van der Waals surface area (Å²) in [4.78, 5) is 25.4. The number of hydrogen-bond acceptors (Lipinski definition) is 11. The molecule has 4 N–H and O–H groups in total. The van der Waals surface area contributed by atoms with Crippen molar-refractivity contribution in [1.82, 2.24) is 0 Å². The number of carbonyl (C=O) groups is 2. The van der Waals surface area contributed by atoms with Crippen LogP contribution in [0.3, 0.4) is 0 Å². The third-order valence-electron chi connectivity index (χ3n) is 10.2. The third kappa shape index (κ3) is 34.0. The van der Waals surface area contributed by atoms with E-state index >= 15 is 0 Å². The number of allylic oxidation sites excluding steroid dienone is 16. The van der Waals surface area contributed by atoms with Crippen LogP contribution in [-0.4, -0.2) is 96.0 Å². The largest absolute Gasteiger partial charge is 0.462 e. The Morgan fingerprint density at radius 1 is 0.547 bits per heavy atom. The van der Waals surface area contributed by atoms with E-state index in [9.17, 15) is 37.9 Å². The lowest BCUT2D eigenvalue weighted by Crippen LogP contribution is -2.60. The van der Waals surface area contributed by atoms with Gasteiger partial charge in [0.1, 0.15) is 36.8 Å². The molecule has 6 atom stereocenters. The molecular weight excluding hydrogens is 837 g/mol. The van der Waals surface area contributed by atoms with Crippen molar-refractivity contribution in [2.75, 3.05) is 19.0 Å². The van der Waals surface area contributed by atoms with Gasteiger partial charge < -0.3 is 34.3 Å². The van der Waals surface area contributed by atoms with Crippen LogP contribution in [0.4, 0.5) is 0 Å². The lowest BCUT2D eigenvalue weighted by molar-refractivity contribution is -0.297. The summed E-state index contributed by atoms with van der Waals surface area (Å²) < 4.78 is 54.0. The number of rotatable bonds is 38. The van der Waals surface area contributed by atoms with Crippen molar-refractivity contribution in [2.45, 2.75) is 192 Å². The highest BCUT2D eigenvalue weighted by Crippen LogP contribution is 2.24. The minimum Gasteiger partial charge on any atom is -0.462 e. The average Bonchev–Trinajstić information content (AvgIpc) is 3.26. The summed E-state index contributed by atoms with van der Waals surface area (Å²) in [5.41, 5.74) is 0. The topological polar surface area (TPSA) is 186 Å². The first-order chi connectivity index (χ1) is 31.0. The van der Waals surface area contributed by atoms with Gasteiger partial charge in [0, 0.05) is 12.8 Å². The molecule has 0 aliphatic carbocycles. The molecule has 1 rings (SSSR count). The number of hydrogen-bond donors (Lipinski definition) is 4. The number of aliphatic hydroxyl groups excluding tert-OH is 3. The van der Waals surface area contributed by atoms with Crippen LogP contribution >= 0.6 is 0 Å². The van der Waals surface area contributed by atoms with Crippen LogP contribution in [0.15, 0.2) is 97.2 Å². The number of ether oxygens (including phenoxy) is 4. The fourth-order valence-corrected chi connectivity index (χ4v) is 7.20. The van der Waals surface area contributed by atoms with Crippen molar-refractivity contribution in [2.24, 2.45) is 0 Å². The van der Waals surface area contributed by atoms with E-state index in [-0.39, 0.29) is 19.4 Å². The normalized spacial score (nSPS) is 20.5. The molecule has 0 aromatic heterocycles. The van der Waals surface area contributed by atoms with Gasteiger partial charge in [-0.2, -0.15) is 8.42 Å². The molecule has 13 heteroatoms. The molecule has 0 saturated carbocycles. The van der Waals surface area contributed by atoms with Crippen LogP contribution in [0.2, 0.25) is 0 Å². The van der Waals surface area contributed by atoms with Gasteiger partial charge in [0.15, 0.2) is 12.4 Å². The van der Waals surface area contributed by atoms with E-state index in [0.717, 1.165) is 51.4 Å². The van der Waals surface area contributed by atoms with E-state index in [1.807, 2.05) is 18.2 Å². The van der Waals surface area contributed by atoms with E-state index in [1.54, 1.807) is 0 Å². The zero-order valence-corrected chi connectivity index (χ0v) is 39.7. The number of esters is 2. The highest BCUT2D eigenvalue weighted by Gasteiger charge is 2.46. The van der Waals surface area contributed by atoms with Crippen LogP contribution in [-0.2, 0) is 38.7 Å². The van der Waals surface area contributed by atoms with Crippen LogP contribution in [0.25, 0.3) is 0 Å². The Bertz CT molecular complexity index is 1540. The average molecular weight is 919 g/mol. The molecule has 64 heavy (non-hydrogen) atoms. The van der Waals surface area contributed by atoms with Gasteiger partial charge in [0.05, 0.1) is 6.61 Å². The molecule has 0 radical (unpaired) electrons. The van der Waals surface area contributed by atoms with Crippen LogP contribution in [0.1, 0.15) is 155 Å². The molecular formula is C51H82O12S. The minimum atomic E-state index is -4.62. The first kappa shape index (κ1) is 58.6. The second-order valence-corrected chi connectivity index (χ2v) is 17.5. The van der Waals surface area contributed by atoms with E-state index < -0.39 is 71.2 Å². The van der Waals surface area contributed by atoms with Gasteiger partial charge in [-0.05, 0) is 77.0 Å². The fraction of sp³-hybridized carbons (Fsp3) is 0.647. The van der Waals surface area contributed by atoms with Gasteiger partial charge in [0.25, 0.3) is 10.1 Å². The third-order valence-corrected chi connectivity index (χ3v) is 10.9. The molecule has 1 heterocycles. The van der Waals surface area contributed by atoms with E-state index in [4.69, 9.17) is 18.9 Å². The Labute approximate surface area is 385 Å². The van der Waals surface area contributed by atoms with Gasteiger partial charge in [-0.25, -0.2) is 0 Å². The molecule has 2 unspecified atom stereocenters. The predicted molar refractivity (Wildman–Crippen MR) is 256 cm³/mol. The Balaban J connectivity index is 2.52. The number of carbonyl (C=O) groups excluding carboxylic acids is 2. The summed E-state index contributed by atoms with van der Waals surface area (Å²) in [5, 5.41) is 30.9. The maximum Gasteiger partial charge on any atom is 0.306 e. The van der Waals surface area contributed by atoms with Gasteiger partial charge in [-0.1, -0.05) is 162 Å². The SMILES string of the molecule is CC/C=C/C/C=C/C/C=C/C/C=C/C/C=C/C/C=C/CCC(=O)OC[C@H](CO[C@H]1O[C@H](CS(=O)(=O)O)[C@@H](O)C(O)C1O)OC(=O)CCC/C=C/C/C=C/CCCCCCCCCCC. The molecule has 1 fully saturated rings. The van der Waals surface area contributed by atoms with Gasteiger partial charge in [0.2, 0.25) is 0 Å². The van der Waals surface area contributed by atoms with Crippen molar-refractivity contribution in [3.05, 3.63) is 97.2 Å². The Kier molecular flexibility index (Phi) is 36.5. The smallest absolute Gasteiger partial charge is 0.306 e. The summed E-state index contributed by atoms with van der Waals surface area (Å²) in [5.74, 6) is -2.16. The van der Waals surface area contributed by atoms with Crippen LogP contribution < -0.4 is 0 Å². The molecule has 0 bridgehead atoms. The first-order valence-electron chi connectivity index (χ1n) is 23.8. The molecule has 1 aliphatic rings. The summed E-state index contributed by atoms with van der Waals surface area (Å²) >= 11 is 0. The predicted octanol–water partition coefficient (Wildman–Crippen LogP) is 10.2. The second-order valence-electron chi connectivity index (χ2n) is 16.0. The fourth-order valence-electron chi connectivity index (χ4n) is 6.51. The molecule has 1 aliphatic heterocycles. The molecule has 364 valence electrons. The maximum atomic E-state index is 12.8. The van der Waals surface area contributed by atoms with Gasteiger partial charge in [-0.3, -0.25) is 14.1 Å². The quantitative estimate of drug-likeness (QED) is 0.0199. The highest BCUT2D eigenvalue weighted by molar-refractivity contribution is 7.85. The molecule has 12 nitrogen and oxygen atoms in total. The highest BCUT2D eigenvalue weighted by atomic mass is 32.2. The zero-order chi connectivity index (χ0) is 46.9. The second kappa shape index (κ2) is 39.9. The van der Waals surface area contributed by atoms with Crippen molar-refractivity contribution in [1.29, 1.82) is 0 Å². The van der Waals surface area contributed by atoms with Crippen molar-refractivity contribution < 1.29 is 56.8 Å². The molecule has 0 spiro atoms. The zero-order valence-electron chi connectivity index (χ0n) is 38.8. The van der Waals surface area contributed by atoms with Crippen molar-refractivity contribution >= 4 is 22.1 Å². The summed E-state index contributed by atoms with van der Waals surface area (Å²) in [6.07, 6.45) is 44.7. The van der Waals surface area contributed by atoms with Gasteiger partial charge >= 0.3 is 11.9 Å². The van der Waals surface area contributed by atoms with E-state index in [0.29, 0.717) is 19.3 Å². The van der Waals surface area contributed by atoms with Crippen molar-refractivity contribution in [3.8, 4) is 0 Å². The maximum absolute atomic E-state index is 12.8. The van der Waals surface area contributed by atoms with Crippen LogP contribution in [0, 0.1) is 0 Å². The minimum absolute atomic E-state index is 0.0792. The summed E-state index contributed by atoms with van der Waals surface area (Å²) in [6.45, 7) is 3.54. The van der Waals surface area contributed by atoms with Gasteiger partial charge in [-0.15, -0.1) is 0 Å².